The molecule has 0 unspecified atom stereocenters. The van der Waals surface area contributed by atoms with Crippen molar-refractivity contribution in [3.05, 3.63) is 82.8 Å². The van der Waals surface area contributed by atoms with E-state index in [1.54, 1.807) is 6.07 Å². The molecule has 152 valence electrons. The zero-order valence-corrected chi connectivity index (χ0v) is 17.6. The molecule has 1 aromatic carbocycles. The Morgan fingerprint density at radius 2 is 1.87 bits per heavy atom. The summed E-state index contributed by atoms with van der Waals surface area (Å²) in [6.07, 6.45) is 3.26. The van der Waals surface area contributed by atoms with Gasteiger partial charge in [0.15, 0.2) is 5.15 Å². The molecule has 0 aliphatic carbocycles. The van der Waals surface area contributed by atoms with Crippen molar-refractivity contribution in [2.45, 2.75) is 20.5 Å². The molecule has 0 aliphatic rings. The van der Waals surface area contributed by atoms with Gasteiger partial charge in [0.05, 0.1) is 5.69 Å². The van der Waals surface area contributed by atoms with Crippen molar-refractivity contribution >= 4 is 11.6 Å². The normalized spacial score (nSPS) is 11.0. The lowest BCUT2D eigenvalue weighted by atomic mass is 10.1. The van der Waals surface area contributed by atoms with E-state index in [0.717, 1.165) is 33.8 Å². The summed E-state index contributed by atoms with van der Waals surface area (Å²) in [6.45, 7) is 4.40. The van der Waals surface area contributed by atoms with Crippen LogP contribution in [0.2, 0.25) is 5.15 Å². The van der Waals surface area contributed by atoms with Crippen molar-refractivity contribution in [2.24, 2.45) is 7.05 Å². The quantitative estimate of drug-likeness (QED) is 0.397. The van der Waals surface area contributed by atoms with Gasteiger partial charge in [0.2, 0.25) is 5.95 Å². The number of pyridine rings is 2. The van der Waals surface area contributed by atoms with Crippen molar-refractivity contribution in [2.75, 3.05) is 0 Å². The third kappa shape index (κ3) is 4.04. The van der Waals surface area contributed by atoms with Crippen LogP contribution in [0.3, 0.4) is 0 Å². The van der Waals surface area contributed by atoms with Crippen LogP contribution in [0, 0.1) is 19.8 Å². The molecular formula is C23H20ClFN4O. The molecule has 0 amide bonds. The summed E-state index contributed by atoms with van der Waals surface area (Å²) in [5, 5.41) is 0.374. The lowest BCUT2D eigenvalue weighted by Crippen LogP contribution is -1.99. The maximum Gasteiger partial charge on any atom is 0.212 e. The molecule has 0 saturated carbocycles. The van der Waals surface area contributed by atoms with Gasteiger partial charge < -0.3 is 9.30 Å². The lowest BCUT2D eigenvalue weighted by molar-refractivity contribution is 0.305. The highest BCUT2D eigenvalue weighted by atomic mass is 35.5. The maximum atomic E-state index is 13.2. The van der Waals surface area contributed by atoms with E-state index < -0.39 is 5.95 Å². The molecule has 0 radical (unpaired) electrons. The summed E-state index contributed by atoms with van der Waals surface area (Å²) < 4.78 is 20.9. The van der Waals surface area contributed by atoms with Crippen LogP contribution >= 0.6 is 11.6 Å². The van der Waals surface area contributed by atoms with Crippen molar-refractivity contribution in [3.8, 4) is 28.4 Å². The first-order valence-electron chi connectivity index (χ1n) is 9.42. The molecule has 0 N–H and O–H groups in total. The van der Waals surface area contributed by atoms with Gasteiger partial charge in [-0.15, -0.1) is 0 Å². The van der Waals surface area contributed by atoms with E-state index in [0.29, 0.717) is 23.1 Å². The molecule has 4 aromatic rings. The van der Waals surface area contributed by atoms with E-state index in [1.807, 2.05) is 62.0 Å². The molecule has 0 spiro atoms. The van der Waals surface area contributed by atoms with Gasteiger partial charge in [-0.2, -0.15) is 4.39 Å². The van der Waals surface area contributed by atoms with Crippen LogP contribution in [0.4, 0.5) is 4.39 Å². The molecule has 3 heterocycles. The fourth-order valence-electron chi connectivity index (χ4n) is 3.27. The Hall–Kier alpha value is -3.25. The smallest absolute Gasteiger partial charge is 0.212 e. The van der Waals surface area contributed by atoms with Crippen LogP contribution in [-0.2, 0) is 13.7 Å². The summed E-state index contributed by atoms with van der Waals surface area (Å²) in [4.78, 5) is 12.4. The minimum atomic E-state index is -0.535. The maximum absolute atomic E-state index is 13.2. The molecule has 0 fully saturated rings. The van der Waals surface area contributed by atoms with Crippen molar-refractivity contribution < 1.29 is 9.13 Å². The second-order valence-corrected chi connectivity index (χ2v) is 7.43. The second kappa shape index (κ2) is 8.24. The fraction of sp³-hybridized carbons (Fsp3) is 0.174. The van der Waals surface area contributed by atoms with Crippen LogP contribution in [-0.4, -0.2) is 19.5 Å². The number of aromatic nitrogens is 4. The van der Waals surface area contributed by atoms with E-state index in [1.165, 1.54) is 12.3 Å². The van der Waals surface area contributed by atoms with Gasteiger partial charge in [0, 0.05) is 41.8 Å². The van der Waals surface area contributed by atoms with Crippen LogP contribution in [0.25, 0.3) is 22.6 Å². The van der Waals surface area contributed by atoms with Gasteiger partial charge in [0.1, 0.15) is 18.2 Å². The Kier molecular flexibility index (Phi) is 5.50. The van der Waals surface area contributed by atoms with Crippen LogP contribution in [0.5, 0.6) is 5.75 Å². The zero-order chi connectivity index (χ0) is 21.3. The van der Waals surface area contributed by atoms with E-state index >= 15 is 0 Å². The number of halogens is 2. The topological polar surface area (TPSA) is 52.8 Å². The van der Waals surface area contributed by atoms with Crippen molar-refractivity contribution in [1.29, 1.82) is 0 Å². The number of ether oxygens (including phenoxy) is 1. The van der Waals surface area contributed by atoms with E-state index in [2.05, 4.69) is 15.0 Å². The number of rotatable bonds is 5. The Morgan fingerprint density at radius 1 is 1.03 bits per heavy atom. The van der Waals surface area contributed by atoms with Crippen molar-refractivity contribution in [1.82, 2.24) is 19.5 Å². The monoisotopic (exact) mass is 422 g/mol. The third-order valence-electron chi connectivity index (χ3n) is 4.87. The minimum absolute atomic E-state index is 0.374. The number of hydrogen-bond donors (Lipinski definition) is 0. The lowest BCUT2D eigenvalue weighted by Gasteiger charge is -2.12. The summed E-state index contributed by atoms with van der Waals surface area (Å²) in [5.74, 6) is 0.847. The average molecular weight is 423 g/mol. The van der Waals surface area contributed by atoms with E-state index in [9.17, 15) is 4.39 Å². The largest absolute Gasteiger partial charge is 0.489 e. The van der Waals surface area contributed by atoms with Gasteiger partial charge >= 0.3 is 0 Å². The summed E-state index contributed by atoms with van der Waals surface area (Å²) in [7, 11) is 1.88. The average Bonchev–Trinajstić information content (AvgIpc) is 3.02. The molecule has 3 aromatic heterocycles. The SMILES string of the molecule is Cc1ccc(COc2ccc(-c3c(Cl)nc(-c4ccc(F)nc4)n3C)c(C)c2)cn1. The standard InChI is InChI=1S/C23H20ClFN4O/c1-14-10-18(30-13-16-5-4-15(2)26-11-16)7-8-19(14)21-22(24)28-23(29(21)3)17-6-9-20(25)27-12-17/h4-12H,13H2,1-3H3. The number of aryl methyl sites for hydroxylation is 2. The van der Waals surface area contributed by atoms with Crippen molar-refractivity contribution in [3.63, 3.8) is 0 Å². The van der Waals surface area contributed by atoms with Gasteiger partial charge in [0.25, 0.3) is 0 Å². The first kappa shape index (κ1) is 20.0. The highest BCUT2D eigenvalue weighted by molar-refractivity contribution is 6.32. The number of nitrogens with zero attached hydrogens (tertiary/aromatic N) is 4. The zero-order valence-electron chi connectivity index (χ0n) is 16.9. The number of imidazole rings is 1. The Balaban J connectivity index is 1.60. The number of hydrogen-bond acceptors (Lipinski definition) is 4. The Labute approximate surface area is 179 Å². The first-order valence-corrected chi connectivity index (χ1v) is 9.79. The van der Waals surface area contributed by atoms with Crippen LogP contribution in [0.15, 0.2) is 54.9 Å². The highest BCUT2D eigenvalue weighted by Gasteiger charge is 2.18. The minimum Gasteiger partial charge on any atom is -0.489 e. The summed E-state index contributed by atoms with van der Waals surface area (Å²) in [6, 6.07) is 12.8. The first-order chi connectivity index (χ1) is 14.4. The second-order valence-electron chi connectivity index (χ2n) is 7.08. The molecule has 0 saturated heterocycles. The molecular weight excluding hydrogens is 403 g/mol. The molecule has 0 atom stereocenters. The van der Waals surface area contributed by atoms with Gasteiger partial charge in [-0.05, 0) is 55.8 Å². The van der Waals surface area contributed by atoms with Gasteiger partial charge in [-0.3, -0.25) is 4.98 Å². The van der Waals surface area contributed by atoms with Gasteiger partial charge in [-0.1, -0.05) is 17.7 Å². The summed E-state index contributed by atoms with van der Waals surface area (Å²) >= 11 is 6.47. The molecule has 5 nitrogen and oxygen atoms in total. The molecule has 0 bridgehead atoms. The number of benzene rings is 1. The Morgan fingerprint density at radius 3 is 2.53 bits per heavy atom. The molecule has 7 heteroatoms. The van der Waals surface area contributed by atoms with Crippen LogP contribution < -0.4 is 4.74 Å². The van der Waals surface area contributed by atoms with E-state index in [4.69, 9.17) is 16.3 Å². The van der Waals surface area contributed by atoms with E-state index in [-0.39, 0.29) is 0 Å². The molecule has 4 rings (SSSR count). The predicted octanol–water partition coefficient (Wildman–Crippen LogP) is 5.53. The van der Waals surface area contributed by atoms with Gasteiger partial charge in [-0.25, -0.2) is 9.97 Å². The highest BCUT2D eigenvalue weighted by Crippen LogP contribution is 2.35. The molecule has 0 aliphatic heterocycles. The third-order valence-corrected chi connectivity index (χ3v) is 5.13. The fourth-order valence-corrected chi connectivity index (χ4v) is 3.57. The predicted molar refractivity (Wildman–Crippen MR) is 115 cm³/mol. The molecule has 30 heavy (non-hydrogen) atoms. The van der Waals surface area contributed by atoms with Crippen LogP contribution in [0.1, 0.15) is 16.8 Å². The summed E-state index contributed by atoms with van der Waals surface area (Å²) in [5.41, 5.74) is 5.40. The Bertz CT molecular complexity index is 1190.